The number of rotatable bonds is 3. The highest BCUT2D eigenvalue weighted by molar-refractivity contribution is 5.99. The first kappa shape index (κ1) is 11.8. The molecule has 2 rings (SSSR count). The number of benzene rings is 1. The van der Waals surface area contributed by atoms with Gasteiger partial charge in [0.15, 0.2) is 5.78 Å². The zero-order valence-electron chi connectivity index (χ0n) is 9.85. The minimum atomic E-state index is -0.773. The van der Waals surface area contributed by atoms with Crippen molar-refractivity contribution in [2.75, 3.05) is 0 Å². The van der Waals surface area contributed by atoms with E-state index in [0.717, 1.165) is 11.1 Å². The van der Waals surface area contributed by atoms with Crippen LogP contribution in [0.25, 0.3) is 0 Å². The molecule has 17 heavy (non-hydrogen) atoms. The van der Waals surface area contributed by atoms with E-state index in [-0.39, 0.29) is 17.6 Å². The maximum atomic E-state index is 12.2. The molecule has 1 aliphatic carbocycles. The van der Waals surface area contributed by atoms with Crippen molar-refractivity contribution in [1.82, 2.24) is 0 Å². The van der Waals surface area contributed by atoms with Crippen LogP contribution in [0.3, 0.4) is 0 Å². The molecule has 1 fully saturated rings. The largest absolute Gasteiger partial charge is 0.481 e. The fourth-order valence-electron chi connectivity index (χ4n) is 2.51. The van der Waals surface area contributed by atoms with Crippen LogP contribution >= 0.6 is 0 Å². The van der Waals surface area contributed by atoms with Gasteiger partial charge in [0, 0.05) is 11.5 Å². The van der Waals surface area contributed by atoms with Gasteiger partial charge in [-0.25, -0.2) is 0 Å². The van der Waals surface area contributed by atoms with Crippen LogP contribution < -0.4 is 0 Å². The number of carboxylic acids is 1. The molecule has 0 aliphatic heterocycles. The predicted molar refractivity (Wildman–Crippen MR) is 64.0 cm³/mol. The summed E-state index contributed by atoms with van der Waals surface area (Å²) < 4.78 is 0. The second kappa shape index (κ2) is 4.70. The van der Waals surface area contributed by atoms with Crippen LogP contribution in [0.15, 0.2) is 24.3 Å². The van der Waals surface area contributed by atoms with Crippen molar-refractivity contribution in [3.63, 3.8) is 0 Å². The molecule has 0 aromatic heterocycles. The van der Waals surface area contributed by atoms with E-state index in [4.69, 9.17) is 5.11 Å². The summed E-state index contributed by atoms with van der Waals surface area (Å²) in [6.45, 7) is 1.91. The highest BCUT2D eigenvalue weighted by atomic mass is 16.4. The molecule has 1 aromatic carbocycles. The number of Topliss-reactive ketones (excluding diaryl/α,β-unsaturated/α-hetero) is 1. The molecule has 2 unspecified atom stereocenters. The average molecular weight is 232 g/mol. The van der Waals surface area contributed by atoms with Gasteiger partial charge in [-0.05, 0) is 31.7 Å². The first-order valence-corrected chi connectivity index (χ1v) is 5.92. The van der Waals surface area contributed by atoms with Crippen molar-refractivity contribution < 1.29 is 14.7 Å². The summed E-state index contributed by atoms with van der Waals surface area (Å²) in [5.41, 5.74) is 1.71. The van der Waals surface area contributed by atoms with Gasteiger partial charge in [-0.3, -0.25) is 9.59 Å². The number of aliphatic carboxylic acids is 1. The van der Waals surface area contributed by atoms with E-state index >= 15 is 0 Å². The quantitative estimate of drug-likeness (QED) is 0.815. The molecule has 0 heterocycles. The number of ketones is 1. The Bertz CT molecular complexity index is 451. The Kier molecular flexibility index (Phi) is 3.27. The molecule has 3 nitrogen and oxygen atoms in total. The highest BCUT2D eigenvalue weighted by Crippen LogP contribution is 2.33. The maximum Gasteiger partial charge on any atom is 0.306 e. The maximum absolute atomic E-state index is 12.2. The van der Waals surface area contributed by atoms with E-state index in [0.29, 0.717) is 19.3 Å². The van der Waals surface area contributed by atoms with Gasteiger partial charge in [0.2, 0.25) is 0 Å². The van der Waals surface area contributed by atoms with Crippen LogP contribution in [0.4, 0.5) is 0 Å². The molecule has 0 bridgehead atoms. The third kappa shape index (κ3) is 2.38. The monoisotopic (exact) mass is 232 g/mol. The van der Waals surface area contributed by atoms with Crippen molar-refractivity contribution >= 4 is 11.8 Å². The first-order chi connectivity index (χ1) is 8.09. The van der Waals surface area contributed by atoms with Crippen molar-refractivity contribution in [2.45, 2.75) is 26.2 Å². The van der Waals surface area contributed by atoms with E-state index < -0.39 is 5.97 Å². The third-order valence-electron chi connectivity index (χ3n) is 3.56. The minimum Gasteiger partial charge on any atom is -0.481 e. The summed E-state index contributed by atoms with van der Waals surface area (Å²) in [6.07, 6.45) is 1.81. The van der Waals surface area contributed by atoms with Crippen LogP contribution in [0, 0.1) is 18.8 Å². The molecule has 2 atom stereocenters. The van der Waals surface area contributed by atoms with Gasteiger partial charge < -0.3 is 5.11 Å². The van der Waals surface area contributed by atoms with Gasteiger partial charge in [0.1, 0.15) is 0 Å². The van der Waals surface area contributed by atoms with Crippen molar-refractivity contribution in [1.29, 1.82) is 0 Å². The molecule has 0 radical (unpaired) electrons. The normalized spacial score (nSPS) is 23.6. The smallest absolute Gasteiger partial charge is 0.306 e. The number of carboxylic acid groups (broad SMARTS) is 1. The molecule has 1 N–H and O–H groups in total. The minimum absolute atomic E-state index is 0.104. The van der Waals surface area contributed by atoms with Gasteiger partial charge in [-0.1, -0.05) is 24.3 Å². The van der Waals surface area contributed by atoms with Crippen LogP contribution in [-0.4, -0.2) is 16.9 Å². The molecular weight excluding hydrogens is 216 g/mol. The van der Waals surface area contributed by atoms with Crippen LogP contribution in [0.1, 0.15) is 35.2 Å². The van der Waals surface area contributed by atoms with E-state index in [9.17, 15) is 9.59 Å². The van der Waals surface area contributed by atoms with E-state index in [1.54, 1.807) is 0 Å². The second-order valence-electron chi connectivity index (χ2n) is 4.72. The topological polar surface area (TPSA) is 54.4 Å². The molecule has 0 spiro atoms. The van der Waals surface area contributed by atoms with Gasteiger partial charge in [-0.15, -0.1) is 0 Å². The lowest BCUT2D eigenvalue weighted by Crippen LogP contribution is -2.15. The van der Waals surface area contributed by atoms with Crippen LogP contribution in [0.2, 0.25) is 0 Å². The Balaban J connectivity index is 2.13. The molecule has 0 saturated heterocycles. The molecule has 1 aliphatic rings. The van der Waals surface area contributed by atoms with Crippen molar-refractivity contribution in [2.24, 2.45) is 11.8 Å². The average Bonchev–Trinajstić information content (AvgIpc) is 2.78. The molecule has 0 amide bonds. The number of carbonyl (C=O) groups excluding carboxylic acids is 1. The fraction of sp³-hybridized carbons (Fsp3) is 0.429. The molecular formula is C14H16O3. The molecule has 90 valence electrons. The summed E-state index contributed by atoms with van der Waals surface area (Å²) in [4.78, 5) is 23.1. The summed E-state index contributed by atoms with van der Waals surface area (Å²) in [5.74, 6) is -1.12. The van der Waals surface area contributed by atoms with E-state index in [1.807, 2.05) is 31.2 Å². The van der Waals surface area contributed by atoms with Gasteiger partial charge >= 0.3 is 5.97 Å². The summed E-state index contributed by atoms with van der Waals surface area (Å²) in [6, 6.07) is 7.49. The van der Waals surface area contributed by atoms with Crippen LogP contribution in [-0.2, 0) is 4.79 Å². The Labute approximate surface area is 100 Å². The summed E-state index contributed by atoms with van der Waals surface area (Å²) >= 11 is 0. The number of aryl methyl sites for hydroxylation is 1. The Hall–Kier alpha value is -1.64. The molecule has 1 aromatic rings. The lowest BCUT2D eigenvalue weighted by Gasteiger charge is -2.10. The molecule has 1 saturated carbocycles. The number of hydrogen-bond donors (Lipinski definition) is 1. The Morgan fingerprint density at radius 1 is 1.18 bits per heavy atom. The summed E-state index contributed by atoms with van der Waals surface area (Å²) in [5, 5.41) is 8.93. The molecule has 3 heteroatoms. The lowest BCUT2D eigenvalue weighted by molar-refractivity contribution is -0.141. The lowest BCUT2D eigenvalue weighted by atomic mass is 9.92. The van der Waals surface area contributed by atoms with Gasteiger partial charge in [-0.2, -0.15) is 0 Å². The van der Waals surface area contributed by atoms with Crippen LogP contribution in [0.5, 0.6) is 0 Å². The predicted octanol–water partition coefficient (Wildman–Crippen LogP) is 2.68. The van der Waals surface area contributed by atoms with Gasteiger partial charge in [0.05, 0.1) is 5.92 Å². The SMILES string of the molecule is Cc1ccccc1C(=O)C1CCC(C(=O)O)C1. The standard InChI is InChI=1S/C14H16O3/c1-9-4-2-3-5-12(9)13(15)10-6-7-11(8-10)14(16)17/h2-5,10-11H,6-8H2,1H3,(H,16,17). The number of hydrogen-bond acceptors (Lipinski definition) is 2. The second-order valence-corrected chi connectivity index (χ2v) is 4.72. The highest BCUT2D eigenvalue weighted by Gasteiger charge is 2.34. The Morgan fingerprint density at radius 3 is 2.41 bits per heavy atom. The van der Waals surface area contributed by atoms with Gasteiger partial charge in [0.25, 0.3) is 0 Å². The van der Waals surface area contributed by atoms with Crippen molar-refractivity contribution in [3.8, 4) is 0 Å². The van der Waals surface area contributed by atoms with E-state index in [2.05, 4.69) is 0 Å². The zero-order valence-corrected chi connectivity index (χ0v) is 9.85. The fourth-order valence-corrected chi connectivity index (χ4v) is 2.51. The zero-order chi connectivity index (χ0) is 12.4. The summed E-state index contributed by atoms with van der Waals surface area (Å²) in [7, 11) is 0. The first-order valence-electron chi connectivity index (χ1n) is 5.92. The third-order valence-corrected chi connectivity index (χ3v) is 3.56. The Morgan fingerprint density at radius 2 is 1.82 bits per heavy atom. The van der Waals surface area contributed by atoms with Crippen molar-refractivity contribution in [3.05, 3.63) is 35.4 Å². The van der Waals surface area contributed by atoms with E-state index in [1.165, 1.54) is 0 Å². The number of carbonyl (C=O) groups is 2.